The van der Waals surface area contributed by atoms with Gasteiger partial charge in [-0.25, -0.2) is 0 Å². The van der Waals surface area contributed by atoms with E-state index in [0.717, 1.165) is 18.2 Å². The molecule has 1 heterocycles. The fraction of sp³-hybridized carbons (Fsp3) is 0.429. The van der Waals surface area contributed by atoms with Crippen LogP contribution in [0.5, 0.6) is 5.75 Å². The van der Waals surface area contributed by atoms with Crippen molar-refractivity contribution in [2.45, 2.75) is 43.7 Å². The van der Waals surface area contributed by atoms with Crippen LogP contribution in [-0.4, -0.2) is 58.0 Å². The number of rotatable bonds is 6. The fourth-order valence-electron chi connectivity index (χ4n) is 2.49. The van der Waals surface area contributed by atoms with Gasteiger partial charge in [0, 0.05) is 7.76 Å². The van der Waals surface area contributed by atoms with Crippen molar-refractivity contribution in [2.75, 3.05) is 13.2 Å². The van der Waals surface area contributed by atoms with Crippen LogP contribution in [0, 0.1) is 0 Å². The Morgan fingerprint density at radius 1 is 1.18 bits per heavy atom. The number of aliphatic hydroxyl groups is 4. The maximum atomic E-state index is 10.7. The highest BCUT2D eigenvalue weighted by Crippen LogP contribution is 2.34. The summed E-state index contributed by atoms with van der Waals surface area (Å²) >= 11 is 6.23. The molecule has 1 saturated heterocycles. The molecule has 1 aliphatic heterocycles. The second kappa shape index (κ2) is 9.22. The van der Waals surface area contributed by atoms with Gasteiger partial charge in [0.25, 0.3) is 0 Å². The third-order valence-corrected chi connectivity index (χ3v) is 4.16. The molecule has 0 aromatic heterocycles. The third-order valence-electron chi connectivity index (χ3n) is 3.83. The van der Waals surface area contributed by atoms with Gasteiger partial charge in [-0.15, -0.1) is 0 Å². The third kappa shape index (κ3) is 4.49. The Balaban J connectivity index is 2.25. The molecule has 3 rings (SSSR count). The van der Waals surface area contributed by atoms with Crippen molar-refractivity contribution >= 4 is 11.6 Å². The minimum absolute atomic E-state index is 0.0231. The van der Waals surface area contributed by atoms with Crippen LogP contribution in [-0.2, 0) is 11.1 Å². The highest BCUT2D eigenvalue weighted by Gasteiger charge is 2.43. The van der Waals surface area contributed by atoms with Gasteiger partial charge in [-0.1, -0.05) is 35.8 Å². The molecular formula is C21H25ClO6. The van der Waals surface area contributed by atoms with Gasteiger partial charge in [-0.05, 0) is 48.1 Å². The van der Waals surface area contributed by atoms with Crippen LogP contribution in [0.15, 0.2) is 42.4 Å². The Kier molecular flexibility index (Phi) is 3.79. The highest BCUT2D eigenvalue weighted by molar-refractivity contribution is 6.31. The molecule has 0 amide bonds. The highest BCUT2D eigenvalue weighted by atomic mass is 35.5. The van der Waals surface area contributed by atoms with Crippen LogP contribution >= 0.6 is 11.6 Å². The summed E-state index contributed by atoms with van der Waals surface area (Å²) in [7, 11) is 0. The fourth-order valence-corrected chi connectivity index (χ4v) is 2.65. The lowest BCUT2D eigenvalue weighted by Crippen LogP contribution is -2.55. The van der Waals surface area contributed by atoms with Gasteiger partial charge in [0.05, 0.1) is 24.2 Å². The van der Waals surface area contributed by atoms with E-state index in [4.69, 9.17) is 34.8 Å². The number of halogens is 1. The van der Waals surface area contributed by atoms with Crippen molar-refractivity contribution < 1.29 is 43.6 Å². The summed E-state index contributed by atoms with van der Waals surface area (Å²) in [6.07, 6.45) is -19.3. The second-order valence-electron chi connectivity index (χ2n) is 5.66. The number of hydrogen-bond donors (Lipinski definition) is 4. The van der Waals surface area contributed by atoms with Crippen LogP contribution in [0.4, 0.5) is 0 Å². The van der Waals surface area contributed by atoms with E-state index >= 15 is 0 Å². The quantitative estimate of drug-likeness (QED) is 0.571. The lowest BCUT2D eigenvalue weighted by Gasteiger charge is -2.40. The largest absolute Gasteiger partial charge is 0.494 e. The maximum Gasteiger partial charge on any atom is 0.119 e. The molecule has 0 radical (unpaired) electrons. The number of hydrogen-bond acceptors (Lipinski definition) is 6. The number of ether oxygens (including phenoxy) is 2. The number of benzene rings is 2. The van der Waals surface area contributed by atoms with E-state index in [9.17, 15) is 20.4 Å². The average molecular weight is 419 g/mol. The summed E-state index contributed by atoms with van der Waals surface area (Å²) in [4.78, 5) is 0. The molecule has 0 aliphatic carbocycles. The monoisotopic (exact) mass is 418 g/mol. The first kappa shape index (κ1) is 11.5. The Labute approximate surface area is 183 Å². The minimum Gasteiger partial charge on any atom is -0.494 e. The van der Waals surface area contributed by atoms with E-state index in [-0.39, 0.29) is 17.4 Å². The Hall–Kier alpha value is -1.67. The van der Waals surface area contributed by atoms with Gasteiger partial charge in [-0.3, -0.25) is 0 Å². The van der Waals surface area contributed by atoms with Gasteiger partial charge in [0.2, 0.25) is 0 Å². The maximum absolute atomic E-state index is 10.7. The van der Waals surface area contributed by atoms with Crippen molar-refractivity contribution in [3.8, 4) is 5.75 Å². The van der Waals surface area contributed by atoms with Gasteiger partial charge >= 0.3 is 0 Å². The van der Waals surface area contributed by atoms with E-state index in [0.29, 0.717) is 0 Å². The molecular weight excluding hydrogens is 384 g/mol. The standard InChI is InChI=1S/C21H25ClO6/c1-2-27-15-6-3-12(4-7-15)9-14-10-13(5-8-16(14)22)21-20(26)19(25)18(24)17(11-23)28-21/h3-8,10,17-21,23-26H,2,9,11H2,1H3/t17-,18-,19+,20-,21+/m1/s1/i3D,4D,6D,7D,9D2,17D,18D,19D,20D. The molecule has 0 unspecified atom stereocenters. The first-order chi connectivity index (χ1) is 17.2. The molecule has 0 saturated carbocycles. The van der Waals surface area contributed by atoms with Crippen LogP contribution in [0.1, 0.15) is 43.4 Å². The zero-order valence-electron chi connectivity index (χ0n) is 24.7. The predicted molar refractivity (Wildman–Crippen MR) is 105 cm³/mol. The Morgan fingerprint density at radius 3 is 2.54 bits per heavy atom. The lowest BCUT2D eigenvalue weighted by molar-refractivity contribution is -0.231. The zero-order chi connectivity index (χ0) is 29.2. The first-order valence-electron chi connectivity index (χ1n) is 13.2. The van der Waals surface area contributed by atoms with Crippen molar-refractivity contribution in [3.05, 3.63) is 64.1 Å². The summed E-state index contributed by atoms with van der Waals surface area (Å²) in [5.41, 5.74) is -1.61. The van der Waals surface area contributed by atoms with E-state index in [2.05, 4.69) is 0 Å². The van der Waals surface area contributed by atoms with Gasteiger partial charge in [-0.2, -0.15) is 0 Å². The van der Waals surface area contributed by atoms with Crippen molar-refractivity contribution in [2.24, 2.45) is 0 Å². The van der Waals surface area contributed by atoms with Crippen LogP contribution in [0.2, 0.25) is 5.02 Å². The molecule has 7 heteroatoms. The minimum atomic E-state index is -3.83. The van der Waals surface area contributed by atoms with Crippen LogP contribution in [0.3, 0.4) is 0 Å². The molecule has 2 aromatic rings. The molecule has 28 heavy (non-hydrogen) atoms. The molecule has 2 aromatic carbocycles. The van der Waals surface area contributed by atoms with Crippen molar-refractivity contribution in [3.63, 3.8) is 0 Å². The van der Waals surface area contributed by atoms with Gasteiger partial charge in [0.1, 0.15) is 36.2 Å². The van der Waals surface area contributed by atoms with Crippen molar-refractivity contribution in [1.29, 1.82) is 0 Å². The van der Waals surface area contributed by atoms with Crippen LogP contribution < -0.4 is 4.74 Å². The molecule has 5 atom stereocenters. The van der Waals surface area contributed by atoms with E-state index in [1.807, 2.05) is 0 Å². The Morgan fingerprint density at radius 2 is 1.89 bits per heavy atom. The molecule has 1 fully saturated rings. The smallest absolute Gasteiger partial charge is 0.119 e. The summed E-state index contributed by atoms with van der Waals surface area (Å²) in [6.45, 7) is 0.139. The molecule has 152 valence electrons. The predicted octanol–water partition coefficient (Wildman–Crippen LogP) is 1.84. The first-order valence-corrected chi connectivity index (χ1v) is 8.61. The summed E-state index contributed by atoms with van der Waals surface area (Å²) in [5.74, 6) is -0.384. The molecule has 4 N–H and O–H groups in total. The summed E-state index contributed by atoms with van der Waals surface area (Å²) in [6, 6.07) is 0.189. The van der Waals surface area contributed by atoms with Crippen LogP contribution in [0.25, 0.3) is 0 Å². The summed E-state index contributed by atoms with van der Waals surface area (Å²) in [5, 5.41) is 40.8. The summed E-state index contributed by atoms with van der Waals surface area (Å²) < 4.78 is 92.7. The van der Waals surface area contributed by atoms with Gasteiger partial charge < -0.3 is 29.9 Å². The second-order valence-corrected chi connectivity index (χ2v) is 6.07. The van der Waals surface area contributed by atoms with E-state index in [1.54, 1.807) is 6.92 Å². The van der Waals surface area contributed by atoms with E-state index in [1.165, 1.54) is 0 Å². The molecule has 1 aliphatic rings. The molecule has 6 nitrogen and oxygen atoms in total. The Bertz CT molecular complexity index is 1230. The topological polar surface area (TPSA) is 99.4 Å². The molecule has 0 spiro atoms. The SMILES string of the molecule is [2H]c1c([2H])c(C([2H])([2H])c2cc([C@@H]3O[C@]([2H])(CO)[C@@]([2H])(O)[C@]([2H])(O)[C@@]3([2H])O)ccc2Cl)c([2H])c([2H])c1OCC. The average Bonchev–Trinajstić information content (AvgIpc) is 2.83. The molecule has 0 bridgehead atoms. The lowest BCUT2D eigenvalue weighted by atomic mass is 9.90. The number of aliphatic hydroxyl groups excluding tert-OH is 1. The van der Waals surface area contributed by atoms with Crippen molar-refractivity contribution in [1.82, 2.24) is 0 Å². The zero-order valence-corrected chi connectivity index (χ0v) is 15.5. The van der Waals surface area contributed by atoms with Gasteiger partial charge in [0.15, 0.2) is 0 Å². The van der Waals surface area contributed by atoms with E-state index < -0.39 is 84.3 Å². The normalized spacial score (nSPS) is 43.7.